The van der Waals surface area contributed by atoms with Gasteiger partial charge in [0, 0.05) is 31.6 Å². The van der Waals surface area contributed by atoms with E-state index in [4.69, 9.17) is 0 Å². The van der Waals surface area contributed by atoms with Crippen LogP contribution in [-0.4, -0.2) is 36.9 Å². The largest absolute Gasteiger partial charge is 0.391 e. The molecule has 2 fully saturated rings. The summed E-state index contributed by atoms with van der Waals surface area (Å²) in [6, 6.07) is 0.687. The van der Waals surface area contributed by atoms with Gasteiger partial charge in [0.2, 0.25) is 0 Å². The minimum absolute atomic E-state index is 0.142. The molecule has 0 aromatic rings. The maximum atomic E-state index is 9.68. The van der Waals surface area contributed by atoms with Crippen molar-refractivity contribution in [3.63, 3.8) is 0 Å². The summed E-state index contributed by atoms with van der Waals surface area (Å²) in [6.07, 6.45) is 5.30. The number of nitrogens with one attached hydrogen (secondary N) is 2. The van der Waals surface area contributed by atoms with E-state index in [0.717, 1.165) is 25.6 Å². The Bertz CT molecular complexity index is 198. The van der Waals surface area contributed by atoms with Gasteiger partial charge in [-0.1, -0.05) is 19.8 Å². The molecule has 3 heteroatoms. The highest BCUT2D eigenvalue weighted by molar-refractivity contribution is 4.85. The number of β-amino-alcohol motifs (C(OH)–C–C–N with tert-alkyl or cyclic N) is 1. The van der Waals surface area contributed by atoms with Crippen LogP contribution >= 0.6 is 0 Å². The summed E-state index contributed by atoms with van der Waals surface area (Å²) >= 11 is 0. The molecule has 1 aliphatic heterocycles. The molecule has 0 radical (unpaired) electrons. The molecule has 3 N–H and O–H groups in total. The molecule has 3 nitrogen and oxygen atoms in total. The van der Waals surface area contributed by atoms with Crippen molar-refractivity contribution in [2.24, 2.45) is 11.8 Å². The van der Waals surface area contributed by atoms with Crippen LogP contribution in [0.2, 0.25) is 0 Å². The van der Waals surface area contributed by atoms with E-state index in [9.17, 15) is 5.11 Å². The number of hydrogen-bond acceptors (Lipinski definition) is 3. The van der Waals surface area contributed by atoms with Crippen LogP contribution < -0.4 is 10.6 Å². The molecule has 0 bridgehead atoms. The van der Waals surface area contributed by atoms with Gasteiger partial charge >= 0.3 is 0 Å². The first kappa shape index (κ1) is 11.4. The monoisotopic (exact) mass is 212 g/mol. The molecule has 1 saturated heterocycles. The normalized spacial score (nSPS) is 42.0. The van der Waals surface area contributed by atoms with Crippen molar-refractivity contribution < 1.29 is 5.11 Å². The number of hydrogen-bond donors (Lipinski definition) is 3. The van der Waals surface area contributed by atoms with E-state index in [1.54, 1.807) is 0 Å². The van der Waals surface area contributed by atoms with Crippen molar-refractivity contribution in [3.8, 4) is 0 Å². The van der Waals surface area contributed by atoms with Gasteiger partial charge in [-0.2, -0.15) is 0 Å². The van der Waals surface area contributed by atoms with Crippen molar-refractivity contribution >= 4 is 0 Å². The standard InChI is InChI=1S/C12H24N2O/c1-9-4-2-3-5-11(9)14-7-10-6-13-8-12(10)15/h9-15H,2-8H2,1H3. The number of rotatable bonds is 3. The Morgan fingerprint density at radius 3 is 2.73 bits per heavy atom. The Morgan fingerprint density at radius 1 is 1.27 bits per heavy atom. The van der Waals surface area contributed by atoms with Crippen molar-refractivity contribution in [1.82, 2.24) is 10.6 Å². The quantitative estimate of drug-likeness (QED) is 0.646. The third kappa shape index (κ3) is 2.92. The first-order valence-corrected chi connectivity index (χ1v) is 6.39. The van der Waals surface area contributed by atoms with E-state index in [-0.39, 0.29) is 6.10 Å². The van der Waals surface area contributed by atoms with Gasteiger partial charge in [0.05, 0.1) is 6.10 Å². The van der Waals surface area contributed by atoms with Gasteiger partial charge in [-0.3, -0.25) is 0 Å². The Labute approximate surface area is 92.6 Å². The third-order valence-corrected chi connectivity index (χ3v) is 4.06. The highest BCUT2D eigenvalue weighted by Crippen LogP contribution is 2.24. The molecule has 88 valence electrons. The summed E-state index contributed by atoms with van der Waals surface area (Å²) in [7, 11) is 0. The van der Waals surface area contributed by atoms with Gasteiger partial charge in [-0.25, -0.2) is 0 Å². The number of aliphatic hydroxyl groups excluding tert-OH is 1. The van der Waals surface area contributed by atoms with Gasteiger partial charge < -0.3 is 15.7 Å². The first-order chi connectivity index (χ1) is 7.27. The SMILES string of the molecule is CC1CCCCC1NCC1CNCC1O. The lowest BCUT2D eigenvalue weighted by molar-refractivity contribution is 0.140. The molecule has 0 spiro atoms. The van der Waals surface area contributed by atoms with Crippen molar-refractivity contribution in [2.75, 3.05) is 19.6 Å². The van der Waals surface area contributed by atoms with E-state index in [0.29, 0.717) is 12.0 Å². The fourth-order valence-electron chi connectivity index (χ4n) is 2.85. The average molecular weight is 212 g/mol. The topological polar surface area (TPSA) is 44.3 Å². The summed E-state index contributed by atoms with van der Waals surface area (Å²) in [5, 5.41) is 16.6. The Kier molecular flexibility index (Phi) is 4.00. The zero-order valence-corrected chi connectivity index (χ0v) is 9.71. The lowest BCUT2D eigenvalue weighted by atomic mass is 9.85. The van der Waals surface area contributed by atoms with E-state index in [1.165, 1.54) is 25.7 Å². The van der Waals surface area contributed by atoms with E-state index in [1.807, 2.05) is 0 Å². The molecule has 15 heavy (non-hydrogen) atoms. The highest BCUT2D eigenvalue weighted by Gasteiger charge is 2.27. The third-order valence-electron chi connectivity index (χ3n) is 4.06. The molecule has 1 saturated carbocycles. The fourth-order valence-corrected chi connectivity index (χ4v) is 2.85. The van der Waals surface area contributed by atoms with Crippen molar-refractivity contribution in [1.29, 1.82) is 0 Å². The van der Waals surface area contributed by atoms with E-state index in [2.05, 4.69) is 17.6 Å². The van der Waals surface area contributed by atoms with Crippen LogP contribution in [0.25, 0.3) is 0 Å². The van der Waals surface area contributed by atoms with Crippen LogP contribution in [0, 0.1) is 11.8 Å². The predicted octanol–water partition coefficient (Wildman–Crippen LogP) is 0.735. The van der Waals surface area contributed by atoms with Crippen LogP contribution in [0.4, 0.5) is 0 Å². The second-order valence-corrected chi connectivity index (χ2v) is 5.26. The van der Waals surface area contributed by atoms with Gasteiger partial charge in [-0.15, -0.1) is 0 Å². The summed E-state index contributed by atoms with van der Waals surface area (Å²) in [5.74, 6) is 1.23. The van der Waals surface area contributed by atoms with Crippen LogP contribution in [-0.2, 0) is 0 Å². The van der Waals surface area contributed by atoms with E-state index >= 15 is 0 Å². The second-order valence-electron chi connectivity index (χ2n) is 5.26. The maximum absolute atomic E-state index is 9.68. The van der Waals surface area contributed by atoms with Crippen LogP contribution in [0.5, 0.6) is 0 Å². The molecule has 4 unspecified atom stereocenters. The molecule has 1 aliphatic carbocycles. The molecule has 0 aromatic carbocycles. The molecule has 4 atom stereocenters. The van der Waals surface area contributed by atoms with E-state index < -0.39 is 0 Å². The number of aliphatic hydroxyl groups is 1. The summed E-state index contributed by atoms with van der Waals surface area (Å²) in [4.78, 5) is 0. The Morgan fingerprint density at radius 2 is 2.07 bits per heavy atom. The minimum atomic E-state index is -0.142. The predicted molar refractivity (Wildman–Crippen MR) is 61.8 cm³/mol. The molecular weight excluding hydrogens is 188 g/mol. The Hall–Kier alpha value is -0.120. The Balaban J connectivity index is 1.72. The van der Waals surface area contributed by atoms with Gasteiger partial charge in [-0.05, 0) is 18.8 Å². The van der Waals surface area contributed by atoms with Gasteiger partial charge in [0.1, 0.15) is 0 Å². The average Bonchev–Trinajstić information content (AvgIpc) is 2.63. The first-order valence-electron chi connectivity index (χ1n) is 6.39. The molecule has 0 amide bonds. The summed E-state index contributed by atoms with van der Waals surface area (Å²) in [6.45, 7) is 5.06. The lowest BCUT2D eigenvalue weighted by Crippen LogP contribution is -2.41. The molecule has 1 heterocycles. The van der Waals surface area contributed by atoms with Gasteiger partial charge in [0.25, 0.3) is 0 Å². The molecule has 0 aromatic heterocycles. The zero-order valence-electron chi connectivity index (χ0n) is 9.71. The molecular formula is C12H24N2O. The van der Waals surface area contributed by atoms with Crippen LogP contribution in [0.3, 0.4) is 0 Å². The zero-order chi connectivity index (χ0) is 10.7. The van der Waals surface area contributed by atoms with Crippen molar-refractivity contribution in [2.45, 2.75) is 44.8 Å². The lowest BCUT2D eigenvalue weighted by Gasteiger charge is -2.31. The minimum Gasteiger partial charge on any atom is -0.391 e. The van der Waals surface area contributed by atoms with Crippen LogP contribution in [0.15, 0.2) is 0 Å². The molecule has 2 aliphatic rings. The van der Waals surface area contributed by atoms with Crippen molar-refractivity contribution in [3.05, 3.63) is 0 Å². The van der Waals surface area contributed by atoms with Crippen LogP contribution in [0.1, 0.15) is 32.6 Å². The summed E-state index contributed by atoms with van der Waals surface area (Å²) < 4.78 is 0. The maximum Gasteiger partial charge on any atom is 0.0716 e. The molecule has 2 rings (SSSR count). The highest BCUT2D eigenvalue weighted by atomic mass is 16.3. The fraction of sp³-hybridized carbons (Fsp3) is 1.00. The van der Waals surface area contributed by atoms with Gasteiger partial charge in [0.15, 0.2) is 0 Å². The smallest absolute Gasteiger partial charge is 0.0716 e. The second kappa shape index (κ2) is 5.28. The summed E-state index contributed by atoms with van der Waals surface area (Å²) in [5.41, 5.74) is 0.